The first-order chi connectivity index (χ1) is 13.8. The molecule has 0 fully saturated rings. The summed E-state index contributed by atoms with van der Waals surface area (Å²) in [6.45, 7) is 0. The quantitative estimate of drug-likeness (QED) is 0.372. The van der Waals surface area contributed by atoms with E-state index in [4.69, 9.17) is 13.9 Å². The summed E-state index contributed by atoms with van der Waals surface area (Å²) in [5, 5.41) is 0. The maximum atomic E-state index is 6.27. The van der Waals surface area contributed by atoms with Crippen molar-refractivity contribution in [3.8, 4) is 45.3 Å². The first kappa shape index (κ1) is 17.8. The molecule has 0 radical (unpaired) electrons. The van der Waals surface area contributed by atoms with Gasteiger partial charge in [0.25, 0.3) is 0 Å². The molecule has 3 aromatic carbocycles. The van der Waals surface area contributed by atoms with Crippen LogP contribution in [-0.2, 0) is 0 Å². The van der Waals surface area contributed by atoms with Crippen molar-refractivity contribution in [2.24, 2.45) is 0 Å². The predicted octanol–water partition coefficient (Wildman–Crippen LogP) is 6.58. The fraction of sp³-hybridized carbons (Fsp3) is 0.0800. The van der Waals surface area contributed by atoms with Gasteiger partial charge in [-0.1, -0.05) is 48.5 Å². The maximum absolute atomic E-state index is 6.27. The number of benzene rings is 3. The number of ether oxygens (including phenoxy) is 2. The third-order valence-electron chi connectivity index (χ3n) is 4.62. The normalized spacial score (nSPS) is 10.5. The Labute approximate surface area is 164 Å². The summed E-state index contributed by atoms with van der Waals surface area (Å²) in [4.78, 5) is 0. The molecule has 28 heavy (non-hydrogen) atoms. The molecule has 4 aromatic rings. The third-order valence-corrected chi connectivity index (χ3v) is 4.62. The van der Waals surface area contributed by atoms with E-state index in [1.54, 1.807) is 14.2 Å². The topological polar surface area (TPSA) is 29.8 Å². The summed E-state index contributed by atoms with van der Waals surface area (Å²) in [7, 11) is 3.30. The van der Waals surface area contributed by atoms with Gasteiger partial charge < -0.3 is 9.47 Å². The zero-order chi connectivity index (χ0) is 19.3. The lowest BCUT2D eigenvalue weighted by Crippen LogP contribution is -1.94. The van der Waals surface area contributed by atoms with Gasteiger partial charge in [-0.05, 0) is 30.3 Å². The van der Waals surface area contributed by atoms with E-state index in [1.165, 1.54) is 0 Å². The summed E-state index contributed by atoms with van der Waals surface area (Å²) < 4.78 is 17.4. The Kier molecular flexibility index (Phi) is 5.07. The number of para-hydroxylation sites is 1. The van der Waals surface area contributed by atoms with Crippen LogP contribution in [0, 0.1) is 0 Å². The molecule has 0 atom stereocenters. The van der Waals surface area contributed by atoms with Crippen LogP contribution in [0.5, 0.6) is 11.5 Å². The first-order valence-corrected chi connectivity index (χ1v) is 9.10. The van der Waals surface area contributed by atoms with Gasteiger partial charge in [-0.25, -0.2) is 4.42 Å². The Balaban J connectivity index is 1.95. The van der Waals surface area contributed by atoms with Crippen molar-refractivity contribution >= 4 is 0 Å². The van der Waals surface area contributed by atoms with E-state index in [9.17, 15) is 0 Å². The maximum Gasteiger partial charge on any atom is 0.361 e. The zero-order valence-corrected chi connectivity index (χ0v) is 15.9. The van der Waals surface area contributed by atoms with E-state index in [0.29, 0.717) is 11.5 Å². The second-order valence-corrected chi connectivity index (χ2v) is 6.35. The smallest absolute Gasteiger partial charge is 0.361 e. The molecule has 0 bridgehead atoms. The predicted molar refractivity (Wildman–Crippen MR) is 113 cm³/mol. The Morgan fingerprint density at radius 1 is 0.571 bits per heavy atom. The van der Waals surface area contributed by atoms with E-state index in [2.05, 4.69) is 0 Å². The highest BCUT2D eigenvalue weighted by Gasteiger charge is 2.22. The van der Waals surface area contributed by atoms with E-state index >= 15 is 0 Å². The summed E-state index contributed by atoms with van der Waals surface area (Å²) in [5.41, 5.74) is 3.98. The lowest BCUT2D eigenvalue weighted by atomic mass is 10.0. The summed E-state index contributed by atoms with van der Waals surface area (Å²) in [6, 6.07) is 30.2. The minimum atomic E-state index is 0.698. The fourth-order valence-electron chi connectivity index (χ4n) is 3.26. The van der Waals surface area contributed by atoms with E-state index < -0.39 is 0 Å². The monoisotopic (exact) mass is 369 g/mol. The number of hydrogen-bond acceptors (Lipinski definition) is 2. The molecular weight excluding hydrogens is 348 g/mol. The Morgan fingerprint density at radius 3 is 1.64 bits per heavy atom. The van der Waals surface area contributed by atoms with Gasteiger partial charge in [0.2, 0.25) is 0 Å². The molecule has 1 aromatic heterocycles. The SMILES string of the molecule is COc1cccc(-c2cc(-c3ccccc3)[o+]c(-c3ccccc3)c2)c1OC. The Hall–Kier alpha value is -3.59. The summed E-state index contributed by atoms with van der Waals surface area (Å²) in [6.07, 6.45) is 0. The van der Waals surface area contributed by atoms with Crippen molar-refractivity contribution in [3.05, 3.63) is 91.0 Å². The van der Waals surface area contributed by atoms with Gasteiger partial charge in [0.05, 0.1) is 37.5 Å². The molecule has 0 unspecified atom stereocenters. The van der Waals surface area contributed by atoms with Gasteiger partial charge in [0.1, 0.15) is 0 Å². The zero-order valence-electron chi connectivity index (χ0n) is 15.9. The molecule has 3 nitrogen and oxygen atoms in total. The van der Waals surface area contributed by atoms with Gasteiger partial charge in [0.15, 0.2) is 11.5 Å². The third kappa shape index (κ3) is 3.47. The van der Waals surface area contributed by atoms with Crippen LogP contribution >= 0.6 is 0 Å². The van der Waals surface area contributed by atoms with Crippen molar-refractivity contribution in [1.29, 1.82) is 0 Å². The van der Waals surface area contributed by atoms with Gasteiger partial charge >= 0.3 is 11.5 Å². The highest BCUT2D eigenvalue weighted by Crippen LogP contribution is 2.40. The lowest BCUT2D eigenvalue weighted by molar-refractivity contribution is 0.356. The molecule has 0 aliphatic heterocycles. The Bertz CT molecular complexity index is 1020. The van der Waals surface area contributed by atoms with Crippen LogP contribution in [0.4, 0.5) is 0 Å². The van der Waals surface area contributed by atoms with Crippen LogP contribution < -0.4 is 9.47 Å². The van der Waals surface area contributed by atoms with Crippen molar-refractivity contribution in [2.45, 2.75) is 0 Å². The largest absolute Gasteiger partial charge is 0.493 e. The number of methoxy groups -OCH3 is 2. The molecule has 0 saturated heterocycles. The van der Waals surface area contributed by atoms with Crippen LogP contribution in [0.3, 0.4) is 0 Å². The van der Waals surface area contributed by atoms with Gasteiger partial charge in [0, 0.05) is 11.1 Å². The van der Waals surface area contributed by atoms with Crippen molar-refractivity contribution in [1.82, 2.24) is 0 Å². The van der Waals surface area contributed by atoms with Crippen molar-refractivity contribution in [2.75, 3.05) is 14.2 Å². The average Bonchev–Trinajstić information content (AvgIpc) is 2.79. The van der Waals surface area contributed by atoms with Gasteiger partial charge in [-0.3, -0.25) is 0 Å². The first-order valence-electron chi connectivity index (χ1n) is 9.10. The summed E-state index contributed by atoms with van der Waals surface area (Å²) >= 11 is 0. The van der Waals surface area contributed by atoms with Gasteiger partial charge in [-0.2, -0.15) is 0 Å². The molecular formula is C25H21O3+. The van der Waals surface area contributed by atoms with Crippen LogP contribution in [0.1, 0.15) is 0 Å². The fourth-order valence-corrected chi connectivity index (χ4v) is 3.26. The van der Waals surface area contributed by atoms with Crippen LogP contribution in [0.15, 0.2) is 95.4 Å². The van der Waals surface area contributed by atoms with Crippen LogP contribution in [0.2, 0.25) is 0 Å². The highest BCUT2D eigenvalue weighted by molar-refractivity contribution is 5.79. The average molecular weight is 369 g/mol. The molecule has 0 spiro atoms. The standard InChI is InChI=1S/C25H21O3/c1-26-22-15-9-14-21(25(22)27-2)20-16-23(18-10-5-3-6-11-18)28-24(17-20)19-12-7-4-8-13-19/h3-17H,1-2H3/q+1. The van der Waals surface area contributed by atoms with Crippen LogP contribution in [0.25, 0.3) is 33.8 Å². The minimum absolute atomic E-state index is 0.698. The number of hydrogen-bond donors (Lipinski definition) is 0. The molecule has 1 heterocycles. The molecule has 0 aliphatic rings. The van der Waals surface area contributed by atoms with E-state index in [-0.39, 0.29) is 0 Å². The van der Waals surface area contributed by atoms with Crippen molar-refractivity contribution in [3.63, 3.8) is 0 Å². The van der Waals surface area contributed by atoms with E-state index in [0.717, 1.165) is 33.8 Å². The van der Waals surface area contributed by atoms with Gasteiger partial charge in [-0.15, -0.1) is 0 Å². The lowest BCUT2D eigenvalue weighted by Gasteiger charge is -2.12. The minimum Gasteiger partial charge on any atom is -0.493 e. The molecule has 0 N–H and O–H groups in total. The second-order valence-electron chi connectivity index (χ2n) is 6.35. The van der Waals surface area contributed by atoms with Crippen molar-refractivity contribution < 1.29 is 13.9 Å². The molecule has 138 valence electrons. The molecule has 0 amide bonds. The summed E-state index contributed by atoms with van der Waals surface area (Å²) in [5.74, 6) is 2.99. The molecule has 3 heteroatoms. The highest BCUT2D eigenvalue weighted by atomic mass is 16.5. The molecule has 4 rings (SSSR count). The molecule has 0 saturated carbocycles. The number of rotatable bonds is 5. The Morgan fingerprint density at radius 2 is 1.14 bits per heavy atom. The molecule has 0 aliphatic carbocycles. The van der Waals surface area contributed by atoms with E-state index in [1.807, 2.05) is 91.0 Å². The second kappa shape index (κ2) is 7.97. The van der Waals surface area contributed by atoms with Crippen LogP contribution in [-0.4, -0.2) is 14.2 Å².